The van der Waals surface area contributed by atoms with E-state index in [-0.39, 0.29) is 6.61 Å². The maximum atomic E-state index is 8.98. The van der Waals surface area contributed by atoms with Crippen molar-refractivity contribution in [2.24, 2.45) is 0 Å². The molecule has 1 aliphatic heterocycles. The zero-order chi connectivity index (χ0) is 12.7. The summed E-state index contributed by atoms with van der Waals surface area (Å²) in [7, 11) is 4.16. The second-order valence-corrected chi connectivity index (χ2v) is 5.14. The van der Waals surface area contributed by atoms with Crippen LogP contribution in [-0.2, 0) is 0 Å². The van der Waals surface area contributed by atoms with Crippen LogP contribution in [0.2, 0.25) is 0 Å². The molecule has 0 aromatic rings. The van der Waals surface area contributed by atoms with E-state index in [9.17, 15) is 0 Å². The topological polar surface area (TPSA) is 38.7 Å². The Bertz CT molecular complexity index is 201. The van der Waals surface area contributed by atoms with Crippen molar-refractivity contribution in [2.45, 2.75) is 38.3 Å². The second kappa shape index (κ2) is 8.03. The summed E-state index contributed by atoms with van der Waals surface area (Å²) < 4.78 is 0. The number of hydrogen-bond acceptors (Lipinski definition) is 4. The third-order valence-corrected chi connectivity index (χ3v) is 3.85. The van der Waals surface area contributed by atoms with Gasteiger partial charge in [0.05, 0.1) is 0 Å². The molecule has 1 aliphatic rings. The SMILES string of the molecule is CCN1CCCC1CN(C)CC(CCO)NC. The van der Waals surface area contributed by atoms with Gasteiger partial charge in [-0.3, -0.25) is 4.90 Å². The van der Waals surface area contributed by atoms with E-state index in [1.807, 2.05) is 7.05 Å². The van der Waals surface area contributed by atoms with E-state index in [1.54, 1.807) is 0 Å². The highest BCUT2D eigenvalue weighted by atomic mass is 16.3. The first kappa shape index (κ1) is 14.9. The second-order valence-electron chi connectivity index (χ2n) is 5.14. The van der Waals surface area contributed by atoms with Crippen LogP contribution in [0.4, 0.5) is 0 Å². The average Bonchev–Trinajstić information content (AvgIpc) is 2.75. The molecule has 0 aromatic carbocycles. The summed E-state index contributed by atoms with van der Waals surface area (Å²) in [5.41, 5.74) is 0. The van der Waals surface area contributed by atoms with Crippen LogP contribution >= 0.6 is 0 Å². The summed E-state index contributed by atoms with van der Waals surface area (Å²) in [6.07, 6.45) is 3.52. The Morgan fingerprint density at radius 3 is 2.88 bits per heavy atom. The van der Waals surface area contributed by atoms with Crippen molar-refractivity contribution in [3.05, 3.63) is 0 Å². The van der Waals surface area contributed by atoms with Crippen LogP contribution in [0.5, 0.6) is 0 Å². The molecule has 102 valence electrons. The molecular weight excluding hydrogens is 214 g/mol. The predicted molar refractivity (Wildman–Crippen MR) is 72.3 cm³/mol. The summed E-state index contributed by atoms with van der Waals surface area (Å²) in [6.45, 7) is 7.12. The summed E-state index contributed by atoms with van der Waals surface area (Å²) >= 11 is 0. The van der Waals surface area contributed by atoms with Crippen LogP contribution in [0.3, 0.4) is 0 Å². The molecule has 1 rings (SSSR count). The van der Waals surface area contributed by atoms with Crippen LogP contribution in [-0.4, -0.2) is 73.9 Å². The zero-order valence-corrected chi connectivity index (χ0v) is 11.7. The van der Waals surface area contributed by atoms with Gasteiger partial charge >= 0.3 is 0 Å². The molecule has 2 N–H and O–H groups in total. The van der Waals surface area contributed by atoms with Crippen LogP contribution in [0.1, 0.15) is 26.2 Å². The van der Waals surface area contributed by atoms with Gasteiger partial charge in [-0.1, -0.05) is 6.92 Å². The van der Waals surface area contributed by atoms with Crippen LogP contribution in [0, 0.1) is 0 Å². The van der Waals surface area contributed by atoms with Gasteiger partial charge in [0, 0.05) is 31.8 Å². The molecule has 0 amide bonds. The number of rotatable bonds is 8. The highest BCUT2D eigenvalue weighted by Gasteiger charge is 2.24. The smallest absolute Gasteiger partial charge is 0.0446 e. The number of hydrogen-bond donors (Lipinski definition) is 2. The number of likely N-dealkylation sites (N-methyl/N-ethyl adjacent to an activating group) is 3. The zero-order valence-electron chi connectivity index (χ0n) is 11.7. The monoisotopic (exact) mass is 243 g/mol. The van der Waals surface area contributed by atoms with Gasteiger partial charge in [0.25, 0.3) is 0 Å². The third-order valence-electron chi connectivity index (χ3n) is 3.85. The van der Waals surface area contributed by atoms with Crippen molar-refractivity contribution >= 4 is 0 Å². The quantitative estimate of drug-likeness (QED) is 0.646. The fourth-order valence-corrected chi connectivity index (χ4v) is 2.81. The maximum Gasteiger partial charge on any atom is 0.0446 e. The van der Waals surface area contributed by atoms with E-state index in [0.717, 1.165) is 25.6 Å². The minimum atomic E-state index is 0.268. The fraction of sp³-hybridized carbons (Fsp3) is 1.00. The third kappa shape index (κ3) is 4.92. The summed E-state index contributed by atoms with van der Waals surface area (Å²) in [5, 5.41) is 12.2. The van der Waals surface area contributed by atoms with Crippen LogP contribution < -0.4 is 5.32 Å². The lowest BCUT2D eigenvalue weighted by molar-refractivity contribution is 0.180. The summed E-state index contributed by atoms with van der Waals surface area (Å²) in [6, 6.07) is 1.14. The molecule has 2 unspecified atom stereocenters. The largest absolute Gasteiger partial charge is 0.396 e. The molecular formula is C13H29N3O. The number of aliphatic hydroxyl groups excluding tert-OH is 1. The van der Waals surface area contributed by atoms with Gasteiger partial charge in [0.1, 0.15) is 0 Å². The normalized spacial score (nSPS) is 23.5. The molecule has 17 heavy (non-hydrogen) atoms. The van der Waals surface area contributed by atoms with Gasteiger partial charge in [-0.25, -0.2) is 0 Å². The first-order valence-corrected chi connectivity index (χ1v) is 6.92. The molecule has 0 aromatic heterocycles. The fourth-order valence-electron chi connectivity index (χ4n) is 2.81. The van der Waals surface area contributed by atoms with Crippen molar-refractivity contribution in [2.75, 3.05) is 46.9 Å². The molecule has 1 saturated heterocycles. The van der Waals surface area contributed by atoms with Crippen LogP contribution in [0.15, 0.2) is 0 Å². The molecule has 4 nitrogen and oxygen atoms in total. The Morgan fingerprint density at radius 2 is 2.29 bits per heavy atom. The Kier molecular flexibility index (Phi) is 7.04. The van der Waals surface area contributed by atoms with Gasteiger partial charge in [0.2, 0.25) is 0 Å². The van der Waals surface area contributed by atoms with Gasteiger partial charge in [-0.2, -0.15) is 0 Å². The van der Waals surface area contributed by atoms with E-state index in [1.165, 1.54) is 25.9 Å². The maximum absolute atomic E-state index is 8.98. The lowest BCUT2D eigenvalue weighted by atomic mass is 10.1. The summed E-state index contributed by atoms with van der Waals surface area (Å²) in [5.74, 6) is 0. The van der Waals surface area contributed by atoms with Crippen molar-refractivity contribution in [3.63, 3.8) is 0 Å². The predicted octanol–water partition coefficient (Wildman–Crippen LogP) is 0.373. The molecule has 1 fully saturated rings. The minimum Gasteiger partial charge on any atom is -0.396 e. The van der Waals surface area contributed by atoms with Crippen molar-refractivity contribution in [3.8, 4) is 0 Å². The lowest BCUT2D eigenvalue weighted by Crippen LogP contribution is -2.44. The molecule has 0 aliphatic carbocycles. The summed E-state index contributed by atoms with van der Waals surface area (Å²) in [4.78, 5) is 4.98. The Morgan fingerprint density at radius 1 is 1.53 bits per heavy atom. The lowest BCUT2D eigenvalue weighted by Gasteiger charge is -2.30. The molecule has 0 bridgehead atoms. The molecule has 2 atom stereocenters. The standard InChI is InChI=1S/C13H29N3O/c1-4-16-8-5-6-13(16)11-15(3)10-12(14-2)7-9-17/h12-14,17H,4-11H2,1-3H3. The number of nitrogens with one attached hydrogen (secondary N) is 1. The molecule has 0 radical (unpaired) electrons. The van der Waals surface area contributed by atoms with Crippen LogP contribution in [0.25, 0.3) is 0 Å². The van der Waals surface area contributed by atoms with Gasteiger partial charge in [-0.15, -0.1) is 0 Å². The molecule has 0 spiro atoms. The van der Waals surface area contributed by atoms with Crippen molar-refractivity contribution in [1.29, 1.82) is 0 Å². The number of nitrogens with zero attached hydrogens (tertiary/aromatic N) is 2. The Labute approximate surface area is 106 Å². The molecule has 1 heterocycles. The number of aliphatic hydroxyl groups is 1. The Balaban J connectivity index is 2.29. The first-order chi connectivity index (χ1) is 8.21. The first-order valence-electron chi connectivity index (χ1n) is 6.92. The van der Waals surface area contributed by atoms with E-state index in [0.29, 0.717) is 6.04 Å². The highest BCUT2D eigenvalue weighted by molar-refractivity contribution is 4.81. The van der Waals surface area contributed by atoms with Gasteiger partial charge in [0.15, 0.2) is 0 Å². The van der Waals surface area contributed by atoms with Crippen molar-refractivity contribution in [1.82, 2.24) is 15.1 Å². The Hall–Kier alpha value is -0.160. The minimum absolute atomic E-state index is 0.268. The molecule has 4 heteroatoms. The molecule has 0 saturated carbocycles. The van der Waals surface area contributed by atoms with E-state index >= 15 is 0 Å². The van der Waals surface area contributed by atoms with E-state index in [4.69, 9.17) is 5.11 Å². The number of likely N-dealkylation sites (tertiary alicyclic amines) is 1. The highest BCUT2D eigenvalue weighted by Crippen LogP contribution is 2.17. The average molecular weight is 243 g/mol. The van der Waals surface area contributed by atoms with Gasteiger partial charge in [-0.05, 0) is 46.4 Å². The van der Waals surface area contributed by atoms with Crippen molar-refractivity contribution < 1.29 is 5.11 Å². The van der Waals surface area contributed by atoms with E-state index in [2.05, 4.69) is 29.1 Å². The van der Waals surface area contributed by atoms with Gasteiger partial charge < -0.3 is 15.3 Å². The van der Waals surface area contributed by atoms with E-state index < -0.39 is 0 Å².